The number of aryl methyl sites for hydroxylation is 1. The highest BCUT2D eigenvalue weighted by molar-refractivity contribution is 7.98. The predicted octanol–water partition coefficient (Wildman–Crippen LogP) is 4.71. The highest BCUT2D eigenvalue weighted by Crippen LogP contribution is 2.27. The molecule has 0 radical (unpaired) electrons. The van der Waals surface area contributed by atoms with Gasteiger partial charge in [-0.3, -0.25) is 5.10 Å². The third kappa shape index (κ3) is 3.87. The van der Waals surface area contributed by atoms with E-state index in [-0.39, 0.29) is 0 Å². The summed E-state index contributed by atoms with van der Waals surface area (Å²) in [6.07, 6.45) is 0.758. The van der Waals surface area contributed by atoms with Crippen molar-refractivity contribution in [2.75, 3.05) is 0 Å². The monoisotopic (exact) mass is 335 g/mol. The zero-order chi connectivity index (χ0) is 14.7. The maximum Gasteiger partial charge on any atom is 0.184 e. The first-order chi connectivity index (χ1) is 10.2. The predicted molar refractivity (Wildman–Crippen MR) is 89.3 cm³/mol. The Balaban J connectivity index is 1.62. The van der Waals surface area contributed by atoms with Gasteiger partial charge in [0.15, 0.2) is 11.0 Å². The number of hydrogen-bond donors (Lipinski definition) is 1. The maximum absolute atomic E-state index is 5.92. The second-order valence-corrected chi connectivity index (χ2v) is 7.42. The molecule has 1 N–H and O–H groups in total. The summed E-state index contributed by atoms with van der Waals surface area (Å²) in [6.45, 7) is 2.11. The molecule has 0 aliphatic rings. The second kappa shape index (κ2) is 6.64. The van der Waals surface area contributed by atoms with Crippen molar-refractivity contribution in [2.45, 2.75) is 24.3 Å². The third-order valence-electron chi connectivity index (χ3n) is 3.10. The van der Waals surface area contributed by atoms with Crippen LogP contribution in [-0.2, 0) is 12.2 Å². The molecule has 0 amide bonds. The van der Waals surface area contributed by atoms with Gasteiger partial charge in [-0.2, -0.15) is 5.10 Å². The van der Waals surface area contributed by atoms with E-state index in [4.69, 9.17) is 11.6 Å². The number of aromatic amines is 1. The van der Waals surface area contributed by atoms with Crippen molar-refractivity contribution in [3.8, 4) is 0 Å². The van der Waals surface area contributed by atoms with Gasteiger partial charge >= 0.3 is 0 Å². The molecule has 0 atom stereocenters. The number of hydrogen-bond acceptors (Lipinski definition) is 4. The van der Waals surface area contributed by atoms with Crippen LogP contribution in [0.4, 0.5) is 0 Å². The summed E-state index contributed by atoms with van der Waals surface area (Å²) in [4.78, 5) is 5.77. The minimum Gasteiger partial charge on any atom is -0.254 e. The highest BCUT2D eigenvalue weighted by atomic mass is 35.5. The Morgan fingerprint density at radius 2 is 2.10 bits per heavy atom. The fourth-order valence-corrected chi connectivity index (χ4v) is 3.92. The lowest BCUT2D eigenvalue weighted by molar-refractivity contribution is 0.953. The van der Waals surface area contributed by atoms with E-state index >= 15 is 0 Å². The third-order valence-corrected chi connectivity index (χ3v) is 5.43. The number of benzene rings is 1. The van der Waals surface area contributed by atoms with E-state index in [1.165, 1.54) is 16.0 Å². The lowest BCUT2D eigenvalue weighted by Crippen LogP contribution is -1.93. The first-order valence-corrected chi connectivity index (χ1v) is 8.71. The van der Waals surface area contributed by atoms with Gasteiger partial charge in [0, 0.05) is 17.1 Å². The average Bonchev–Trinajstić information content (AvgIpc) is 3.08. The molecule has 0 unspecified atom stereocenters. The first-order valence-electron chi connectivity index (χ1n) is 6.53. The van der Waals surface area contributed by atoms with E-state index in [0.717, 1.165) is 27.5 Å². The number of halogens is 1. The zero-order valence-corrected chi connectivity index (χ0v) is 13.9. The summed E-state index contributed by atoms with van der Waals surface area (Å²) in [5, 5.41) is 8.14. The molecule has 0 fully saturated rings. The molecule has 0 aliphatic carbocycles. The molecule has 3 aromatic rings. The summed E-state index contributed by atoms with van der Waals surface area (Å²) in [5.41, 5.74) is 2.53. The molecule has 2 aromatic heterocycles. The summed E-state index contributed by atoms with van der Waals surface area (Å²) in [5.74, 6) is 1.69. The second-order valence-electron chi connectivity index (χ2n) is 4.65. The van der Waals surface area contributed by atoms with E-state index in [0.29, 0.717) is 0 Å². The molecule has 1 aromatic carbocycles. The van der Waals surface area contributed by atoms with Gasteiger partial charge in [-0.1, -0.05) is 47.6 Å². The number of rotatable bonds is 5. The molecule has 3 nitrogen and oxygen atoms in total. The minimum atomic E-state index is 0.758. The molecule has 21 heavy (non-hydrogen) atoms. The van der Waals surface area contributed by atoms with Crippen LogP contribution in [-0.4, -0.2) is 15.2 Å². The Morgan fingerprint density at radius 3 is 2.86 bits per heavy atom. The van der Waals surface area contributed by atoms with E-state index in [2.05, 4.69) is 34.2 Å². The maximum atomic E-state index is 5.92. The molecule has 0 spiro atoms. The number of nitrogens with zero attached hydrogens (tertiary/aromatic N) is 2. The Bertz CT molecular complexity index is 736. The molecule has 0 saturated carbocycles. The molecule has 2 heterocycles. The normalized spacial score (nSPS) is 11.0. The van der Waals surface area contributed by atoms with Crippen LogP contribution in [0.2, 0.25) is 4.34 Å². The van der Waals surface area contributed by atoms with Crippen molar-refractivity contribution in [3.63, 3.8) is 0 Å². The van der Waals surface area contributed by atoms with Gasteiger partial charge in [-0.25, -0.2) is 4.98 Å². The van der Waals surface area contributed by atoms with Crippen molar-refractivity contribution in [1.29, 1.82) is 0 Å². The van der Waals surface area contributed by atoms with Crippen molar-refractivity contribution >= 4 is 34.7 Å². The van der Waals surface area contributed by atoms with Crippen molar-refractivity contribution < 1.29 is 0 Å². The number of thiophene rings is 1. The van der Waals surface area contributed by atoms with E-state index in [9.17, 15) is 0 Å². The van der Waals surface area contributed by atoms with Crippen LogP contribution in [0.1, 0.15) is 21.8 Å². The Kier molecular flexibility index (Phi) is 4.63. The molecule has 0 aliphatic heterocycles. The molecular formula is C15H14ClN3S2. The van der Waals surface area contributed by atoms with Gasteiger partial charge < -0.3 is 0 Å². The largest absolute Gasteiger partial charge is 0.254 e. The van der Waals surface area contributed by atoms with Gasteiger partial charge in [-0.05, 0) is 30.2 Å². The van der Waals surface area contributed by atoms with Crippen molar-refractivity contribution in [2.24, 2.45) is 0 Å². The van der Waals surface area contributed by atoms with Gasteiger partial charge in [0.25, 0.3) is 0 Å². The summed E-state index contributed by atoms with van der Waals surface area (Å²) in [7, 11) is 0. The SMILES string of the molecule is Cc1ccccc1Cc1n[nH]c(SCc2ccc(Cl)s2)n1. The molecule has 108 valence electrons. The lowest BCUT2D eigenvalue weighted by atomic mass is 10.1. The first kappa shape index (κ1) is 14.6. The van der Waals surface area contributed by atoms with Crippen LogP contribution in [0, 0.1) is 6.92 Å². The highest BCUT2D eigenvalue weighted by Gasteiger charge is 2.07. The fraction of sp³-hybridized carbons (Fsp3) is 0.200. The fourth-order valence-electron chi connectivity index (χ4n) is 1.97. The summed E-state index contributed by atoms with van der Waals surface area (Å²) >= 11 is 9.17. The Labute approximate surface area is 136 Å². The molecule has 0 bridgehead atoms. The topological polar surface area (TPSA) is 41.6 Å². The van der Waals surface area contributed by atoms with Crippen molar-refractivity contribution in [1.82, 2.24) is 15.2 Å². The number of aromatic nitrogens is 3. The van der Waals surface area contributed by atoms with Gasteiger partial charge in [0.1, 0.15) is 0 Å². The molecule has 0 saturated heterocycles. The van der Waals surface area contributed by atoms with Gasteiger partial charge in [-0.15, -0.1) is 11.3 Å². The van der Waals surface area contributed by atoms with Crippen LogP contribution in [0.3, 0.4) is 0 Å². The van der Waals surface area contributed by atoms with Crippen LogP contribution in [0.25, 0.3) is 0 Å². The van der Waals surface area contributed by atoms with Crippen molar-refractivity contribution in [3.05, 3.63) is 62.6 Å². The minimum absolute atomic E-state index is 0.758. The smallest absolute Gasteiger partial charge is 0.184 e. The van der Waals surface area contributed by atoms with Crippen LogP contribution in [0.5, 0.6) is 0 Å². The zero-order valence-electron chi connectivity index (χ0n) is 11.5. The van der Waals surface area contributed by atoms with E-state index < -0.39 is 0 Å². The molecular weight excluding hydrogens is 322 g/mol. The lowest BCUT2D eigenvalue weighted by Gasteiger charge is -2.01. The number of nitrogens with one attached hydrogen (secondary N) is 1. The molecule has 6 heteroatoms. The van der Waals surface area contributed by atoms with Crippen LogP contribution in [0.15, 0.2) is 41.6 Å². The van der Waals surface area contributed by atoms with E-state index in [1.807, 2.05) is 24.3 Å². The number of thioether (sulfide) groups is 1. The Morgan fingerprint density at radius 1 is 1.24 bits per heavy atom. The quantitative estimate of drug-likeness (QED) is 0.686. The standard InChI is InChI=1S/C15H14ClN3S2/c1-10-4-2-3-5-11(10)8-14-17-15(19-18-14)20-9-12-6-7-13(16)21-12/h2-7H,8-9H2,1H3,(H,17,18,19). The van der Waals surface area contributed by atoms with Crippen LogP contribution >= 0.6 is 34.7 Å². The molecule has 3 rings (SSSR count). The average molecular weight is 336 g/mol. The van der Waals surface area contributed by atoms with Crippen LogP contribution < -0.4 is 0 Å². The Hall–Kier alpha value is -1.30. The van der Waals surface area contributed by atoms with E-state index in [1.54, 1.807) is 23.1 Å². The van der Waals surface area contributed by atoms with Gasteiger partial charge in [0.05, 0.1) is 4.34 Å². The summed E-state index contributed by atoms with van der Waals surface area (Å²) < 4.78 is 0.823. The summed E-state index contributed by atoms with van der Waals surface area (Å²) in [6, 6.07) is 12.3. The van der Waals surface area contributed by atoms with Gasteiger partial charge in [0.2, 0.25) is 0 Å². The number of H-pyrrole nitrogens is 1.